The van der Waals surface area contributed by atoms with Crippen LogP contribution < -0.4 is 0 Å². The lowest BCUT2D eigenvalue weighted by molar-refractivity contribution is -0.163. The van der Waals surface area contributed by atoms with Crippen LogP contribution in [0.25, 0.3) is 0 Å². The lowest BCUT2D eigenvalue weighted by atomic mass is 9.76. The normalized spacial score (nSPS) is 32.4. The molecule has 0 N–H and O–H groups in total. The fraction of sp³-hybridized carbons (Fsp3) is 0.824. The minimum atomic E-state index is -3.79. The molecule has 27 heavy (non-hydrogen) atoms. The van der Waals surface area contributed by atoms with Crippen LogP contribution in [0.1, 0.15) is 45.4 Å². The zero-order chi connectivity index (χ0) is 20.4. The van der Waals surface area contributed by atoms with Gasteiger partial charge in [-0.2, -0.15) is 8.42 Å². The van der Waals surface area contributed by atoms with E-state index in [-0.39, 0.29) is 29.5 Å². The van der Waals surface area contributed by atoms with Crippen LogP contribution in [0.2, 0.25) is 0 Å². The van der Waals surface area contributed by atoms with E-state index in [1.54, 1.807) is 7.11 Å². The zero-order valence-electron chi connectivity index (χ0n) is 16.1. The Balaban J connectivity index is 0.000000199. The second-order valence-corrected chi connectivity index (χ2v) is 8.94. The summed E-state index contributed by atoms with van der Waals surface area (Å²) in [5.74, 6) is 0.359. The molecule has 3 fully saturated rings. The Kier molecular flexibility index (Phi) is 6.64. The molecule has 2 bridgehead atoms. The van der Waals surface area contributed by atoms with Gasteiger partial charge in [0.05, 0.1) is 25.4 Å². The Morgan fingerprint density at radius 2 is 1.81 bits per heavy atom. The molecule has 3 aliphatic rings. The molecule has 0 spiro atoms. The number of esters is 1. The molecule has 1 aliphatic heterocycles. The molecule has 4 unspecified atom stereocenters. The summed E-state index contributed by atoms with van der Waals surface area (Å²) in [6.45, 7) is 2.25. The predicted molar refractivity (Wildman–Crippen MR) is 93.4 cm³/mol. The number of fused-ring (bicyclic) bond motifs is 2. The summed E-state index contributed by atoms with van der Waals surface area (Å²) in [5.41, 5.74) is -0.0295. The van der Waals surface area contributed by atoms with Crippen LogP contribution in [0, 0.1) is 17.8 Å². The van der Waals surface area contributed by atoms with Crippen molar-refractivity contribution in [2.45, 2.75) is 51.0 Å². The van der Waals surface area contributed by atoms with Crippen LogP contribution in [-0.2, 0) is 38.3 Å². The third-order valence-electron chi connectivity index (χ3n) is 5.84. The van der Waals surface area contributed by atoms with E-state index in [0.29, 0.717) is 18.3 Å². The van der Waals surface area contributed by atoms with Gasteiger partial charge in [-0.05, 0) is 31.1 Å². The molecule has 2 saturated carbocycles. The SMILES string of the molecule is COC(=O)CC1C(C)C2CCC1(OC)C2.CS(=O)(=O)ON1C(=O)CCC1=O. The van der Waals surface area contributed by atoms with E-state index in [1.807, 2.05) is 0 Å². The molecule has 3 rings (SSSR count). The molecule has 0 aromatic heterocycles. The number of carbonyl (C=O) groups is 3. The Bertz CT molecular complexity index is 690. The van der Waals surface area contributed by atoms with Crippen LogP contribution in [0.3, 0.4) is 0 Å². The van der Waals surface area contributed by atoms with Crippen molar-refractivity contribution in [1.82, 2.24) is 5.06 Å². The summed E-state index contributed by atoms with van der Waals surface area (Å²) in [7, 11) is -0.549. The maximum absolute atomic E-state index is 11.4. The molecule has 1 saturated heterocycles. The summed E-state index contributed by atoms with van der Waals surface area (Å²) >= 11 is 0. The number of hydrogen-bond acceptors (Lipinski definition) is 8. The molecule has 10 heteroatoms. The first-order valence-corrected chi connectivity index (χ1v) is 10.7. The van der Waals surface area contributed by atoms with Crippen LogP contribution in [-0.4, -0.2) is 57.3 Å². The number of ether oxygens (including phenoxy) is 2. The highest BCUT2D eigenvalue weighted by atomic mass is 32.2. The minimum absolute atomic E-state index is 0.00829. The van der Waals surface area contributed by atoms with Gasteiger partial charge in [0.1, 0.15) is 0 Å². The molecule has 9 nitrogen and oxygen atoms in total. The zero-order valence-corrected chi connectivity index (χ0v) is 16.9. The smallest absolute Gasteiger partial charge is 0.305 e. The number of rotatable bonds is 5. The topological polar surface area (TPSA) is 116 Å². The second-order valence-electron chi connectivity index (χ2n) is 7.38. The van der Waals surface area contributed by atoms with Crippen molar-refractivity contribution < 1.29 is 36.6 Å². The molecule has 4 atom stereocenters. The average molecular weight is 405 g/mol. The number of imide groups is 1. The van der Waals surface area contributed by atoms with Gasteiger partial charge in [-0.15, -0.1) is 9.35 Å². The third-order valence-corrected chi connectivity index (χ3v) is 6.26. The van der Waals surface area contributed by atoms with E-state index >= 15 is 0 Å². The third kappa shape index (κ3) is 4.85. The highest BCUT2D eigenvalue weighted by molar-refractivity contribution is 7.85. The summed E-state index contributed by atoms with van der Waals surface area (Å²) < 4.78 is 35.6. The van der Waals surface area contributed by atoms with Crippen molar-refractivity contribution in [3.8, 4) is 0 Å². The van der Waals surface area contributed by atoms with Crippen molar-refractivity contribution in [3.05, 3.63) is 0 Å². The predicted octanol–water partition coefficient (Wildman–Crippen LogP) is 1.03. The highest BCUT2D eigenvalue weighted by Crippen LogP contribution is 2.57. The summed E-state index contributed by atoms with van der Waals surface area (Å²) in [5, 5.41) is 0.287. The maximum atomic E-state index is 11.4. The van der Waals surface area contributed by atoms with Crippen LogP contribution in [0.4, 0.5) is 0 Å². The van der Waals surface area contributed by atoms with Crippen molar-refractivity contribution in [1.29, 1.82) is 0 Å². The molecular weight excluding hydrogens is 378 g/mol. The average Bonchev–Trinajstić information content (AvgIpc) is 3.24. The van der Waals surface area contributed by atoms with E-state index < -0.39 is 21.9 Å². The molecule has 2 amide bonds. The monoisotopic (exact) mass is 405 g/mol. The van der Waals surface area contributed by atoms with E-state index in [4.69, 9.17) is 9.47 Å². The summed E-state index contributed by atoms with van der Waals surface area (Å²) in [6, 6.07) is 0. The molecule has 0 aromatic rings. The van der Waals surface area contributed by atoms with Gasteiger partial charge in [-0.3, -0.25) is 14.4 Å². The van der Waals surface area contributed by atoms with Crippen LogP contribution in [0.15, 0.2) is 0 Å². The molecule has 2 aliphatic carbocycles. The molecule has 1 heterocycles. The lowest BCUT2D eigenvalue weighted by Crippen LogP contribution is -2.39. The highest BCUT2D eigenvalue weighted by Gasteiger charge is 2.56. The molecular formula is C17H27NO8S. The van der Waals surface area contributed by atoms with Crippen molar-refractivity contribution in [3.63, 3.8) is 0 Å². The van der Waals surface area contributed by atoms with Gasteiger partial charge >= 0.3 is 5.97 Å². The largest absolute Gasteiger partial charge is 0.469 e. The van der Waals surface area contributed by atoms with E-state index in [1.165, 1.54) is 13.5 Å². The summed E-state index contributed by atoms with van der Waals surface area (Å²) in [4.78, 5) is 32.9. The van der Waals surface area contributed by atoms with Gasteiger partial charge in [0, 0.05) is 25.9 Å². The number of hydrogen-bond donors (Lipinski definition) is 0. The molecule has 154 valence electrons. The van der Waals surface area contributed by atoms with Gasteiger partial charge < -0.3 is 9.47 Å². The first-order valence-electron chi connectivity index (χ1n) is 8.90. The lowest BCUT2D eigenvalue weighted by Gasteiger charge is -2.36. The van der Waals surface area contributed by atoms with E-state index in [2.05, 4.69) is 11.2 Å². The summed E-state index contributed by atoms with van der Waals surface area (Å²) in [6.07, 6.45) is 4.80. The van der Waals surface area contributed by atoms with Crippen molar-refractivity contribution >= 4 is 27.9 Å². The standard InChI is InChI=1S/C12H20O3.C5H7NO5S/c1-8-9-4-5-12(7-9,15-3)10(8)6-11(13)14-2;1-12(9,10)11-6-4(7)2-3-5(6)8/h8-10H,4-7H2,1-3H3;2-3H2,1H3. The van der Waals surface area contributed by atoms with E-state index in [9.17, 15) is 22.8 Å². The van der Waals surface area contributed by atoms with Crippen LogP contribution >= 0.6 is 0 Å². The van der Waals surface area contributed by atoms with Gasteiger partial charge in [0.15, 0.2) is 0 Å². The minimum Gasteiger partial charge on any atom is -0.469 e. The number of amides is 2. The Morgan fingerprint density at radius 1 is 1.22 bits per heavy atom. The Labute approximate surface area is 159 Å². The Hall–Kier alpha value is -1.52. The fourth-order valence-corrected chi connectivity index (χ4v) is 4.85. The van der Waals surface area contributed by atoms with Crippen molar-refractivity contribution in [2.75, 3.05) is 20.5 Å². The Morgan fingerprint density at radius 3 is 2.30 bits per heavy atom. The fourth-order valence-electron chi connectivity index (χ4n) is 4.42. The van der Waals surface area contributed by atoms with Gasteiger partial charge in [-0.25, -0.2) is 0 Å². The quantitative estimate of drug-likeness (QED) is 0.492. The first kappa shape index (κ1) is 21.8. The number of hydroxylamine groups is 2. The van der Waals surface area contributed by atoms with Gasteiger partial charge in [-0.1, -0.05) is 6.92 Å². The van der Waals surface area contributed by atoms with E-state index in [0.717, 1.165) is 25.0 Å². The maximum Gasteiger partial charge on any atom is 0.305 e. The number of methoxy groups -OCH3 is 2. The van der Waals surface area contributed by atoms with Crippen molar-refractivity contribution in [2.24, 2.45) is 17.8 Å². The molecule has 0 aromatic carbocycles. The number of nitrogens with zero attached hydrogens (tertiary/aromatic N) is 1. The van der Waals surface area contributed by atoms with Gasteiger partial charge in [0.2, 0.25) is 0 Å². The molecule has 0 radical (unpaired) electrons. The first-order chi connectivity index (χ1) is 12.5. The second kappa shape index (κ2) is 8.24. The van der Waals surface area contributed by atoms with Crippen LogP contribution in [0.5, 0.6) is 0 Å². The van der Waals surface area contributed by atoms with Gasteiger partial charge in [0.25, 0.3) is 21.9 Å². The number of carbonyl (C=O) groups excluding carboxylic acids is 3.